The van der Waals surface area contributed by atoms with E-state index >= 15 is 0 Å². The maximum Gasteiger partial charge on any atom is 0.264 e. The van der Waals surface area contributed by atoms with Gasteiger partial charge < -0.3 is 4.74 Å². The van der Waals surface area contributed by atoms with Gasteiger partial charge in [-0.05, 0) is 42.5 Å². The minimum absolute atomic E-state index is 0.0118. The summed E-state index contributed by atoms with van der Waals surface area (Å²) in [6.07, 6.45) is 0. The van der Waals surface area contributed by atoms with Crippen LogP contribution in [0.3, 0.4) is 0 Å². The largest absolute Gasteiger partial charge is 0.497 e. The molecule has 0 N–H and O–H groups in total. The number of sulfonamides is 1. The first-order valence-corrected chi connectivity index (χ1v) is 9.99. The van der Waals surface area contributed by atoms with E-state index in [4.69, 9.17) is 16.3 Å². The fraction of sp³-hybridized carbons (Fsp3) is 0.100. The first kappa shape index (κ1) is 20.1. The zero-order valence-corrected chi connectivity index (χ0v) is 16.3. The van der Waals surface area contributed by atoms with E-state index < -0.39 is 21.7 Å². The average molecular weight is 424 g/mol. The summed E-state index contributed by atoms with van der Waals surface area (Å²) in [6, 6.07) is 15.0. The first-order chi connectivity index (χ1) is 13.3. The summed E-state index contributed by atoms with van der Waals surface area (Å²) in [7, 11) is -2.61. The summed E-state index contributed by atoms with van der Waals surface area (Å²) in [4.78, 5) is -0.0118. The minimum atomic E-state index is -4.06. The molecule has 0 unspecified atom stereocenters. The fourth-order valence-electron chi connectivity index (χ4n) is 2.62. The van der Waals surface area contributed by atoms with E-state index in [2.05, 4.69) is 0 Å². The normalized spacial score (nSPS) is 11.3. The first-order valence-electron chi connectivity index (χ1n) is 8.17. The fourth-order valence-corrected chi connectivity index (χ4v) is 4.18. The van der Waals surface area contributed by atoms with E-state index in [1.807, 2.05) is 0 Å². The quantitative estimate of drug-likeness (QED) is 0.559. The van der Waals surface area contributed by atoms with Crippen molar-refractivity contribution in [2.45, 2.75) is 11.4 Å². The number of hydrogen-bond acceptors (Lipinski definition) is 3. The van der Waals surface area contributed by atoms with Gasteiger partial charge in [-0.2, -0.15) is 0 Å². The second-order valence-corrected chi connectivity index (χ2v) is 8.20. The van der Waals surface area contributed by atoms with Gasteiger partial charge in [0.15, 0.2) is 0 Å². The molecule has 0 aromatic heterocycles. The van der Waals surface area contributed by atoms with E-state index in [9.17, 15) is 17.2 Å². The average Bonchev–Trinajstić information content (AvgIpc) is 2.67. The Kier molecular flexibility index (Phi) is 5.86. The lowest BCUT2D eigenvalue weighted by Crippen LogP contribution is -2.31. The van der Waals surface area contributed by atoms with Crippen LogP contribution in [0.15, 0.2) is 71.6 Å². The molecule has 8 heteroatoms. The summed E-state index contributed by atoms with van der Waals surface area (Å²) >= 11 is 5.85. The minimum Gasteiger partial charge on any atom is -0.497 e. The lowest BCUT2D eigenvalue weighted by molar-refractivity contribution is 0.415. The number of ether oxygens (including phenoxy) is 1. The predicted octanol–water partition coefficient (Wildman–Crippen LogP) is 5.02. The van der Waals surface area contributed by atoms with Crippen LogP contribution < -0.4 is 9.04 Å². The SMILES string of the molecule is COc1cccc(N(Cc2ccc(F)cc2F)S(=O)(=O)c2ccc(Cl)cc2)c1. The molecule has 0 aliphatic carbocycles. The lowest BCUT2D eigenvalue weighted by atomic mass is 10.2. The van der Waals surface area contributed by atoms with Crippen LogP contribution in [0.25, 0.3) is 0 Å². The number of nitrogens with zero attached hydrogens (tertiary/aromatic N) is 1. The zero-order valence-electron chi connectivity index (χ0n) is 14.8. The molecule has 0 radical (unpaired) electrons. The van der Waals surface area contributed by atoms with Crippen molar-refractivity contribution in [3.05, 3.63) is 89.0 Å². The second-order valence-electron chi connectivity index (χ2n) is 5.90. The zero-order chi connectivity index (χ0) is 20.3. The Morgan fingerprint density at radius 1 is 1.00 bits per heavy atom. The monoisotopic (exact) mass is 423 g/mol. The van der Waals surface area contributed by atoms with E-state index in [0.717, 1.165) is 10.4 Å². The highest BCUT2D eigenvalue weighted by Gasteiger charge is 2.26. The molecular formula is C20H16ClF2NO3S. The van der Waals surface area contributed by atoms with Crippen LogP contribution in [0.4, 0.5) is 14.5 Å². The van der Waals surface area contributed by atoms with Gasteiger partial charge in [-0.15, -0.1) is 0 Å². The third-order valence-corrected chi connectivity index (χ3v) is 6.11. The molecule has 0 saturated carbocycles. The van der Waals surface area contributed by atoms with Crippen molar-refractivity contribution in [1.82, 2.24) is 0 Å². The Morgan fingerprint density at radius 3 is 2.36 bits per heavy atom. The molecule has 0 fully saturated rings. The van der Waals surface area contributed by atoms with Gasteiger partial charge in [0, 0.05) is 22.7 Å². The number of benzene rings is 3. The van der Waals surface area contributed by atoms with Gasteiger partial charge in [-0.1, -0.05) is 23.7 Å². The molecule has 3 aromatic carbocycles. The lowest BCUT2D eigenvalue weighted by Gasteiger charge is -2.25. The number of methoxy groups -OCH3 is 1. The number of halogens is 3. The van der Waals surface area contributed by atoms with Gasteiger partial charge in [0.2, 0.25) is 0 Å². The molecule has 0 aliphatic heterocycles. The Bertz CT molecular complexity index is 1090. The predicted molar refractivity (Wildman–Crippen MR) is 104 cm³/mol. The molecule has 4 nitrogen and oxygen atoms in total. The highest BCUT2D eigenvalue weighted by Crippen LogP contribution is 2.30. The third kappa shape index (κ3) is 4.26. The van der Waals surface area contributed by atoms with Gasteiger partial charge >= 0.3 is 0 Å². The molecule has 28 heavy (non-hydrogen) atoms. The molecule has 146 valence electrons. The second kappa shape index (κ2) is 8.16. The third-order valence-electron chi connectivity index (χ3n) is 4.07. The highest BCUT2D eigenvalue weighted by atomic mass is 35.5. The van der Waals surface area contributed by atoms with Gasteiger partial charge in [0.25, 0.3) is 10.0 Å². The van der Waals surface area contributed by atoms with Gasteiger partial charge in [0.05, 0.1) is 24.2 Å². The molecule has 0 atom stereocenters. The van der Waals surface area contributed by atoms with Gasteiger partial charge in [-0.3, -0.25) is 4.31 Å². The highest BCUT2D eigenvalue weighted by molar-refractivity contribution is 7.92. The van der Waals surface area contributed by atoms with Crippen LogP contribution in [0.5, 0.6) is 5.75 Å². The van der Waals surface area contributed by atoms with Crippen molar-refractivity contribution in [3.8, 4) is 5.75 Å². The molecule has 3 rings (SSSR count). The van der Waals surface area contributed by atoms with Crippen molar-refractivity contribution in [1.29, 1.82) is 0 Å². The van der Waals surface area contributed by atoms with E-state index in [-0.39, 0.29) is 22.7 Å². The van der Waals surface area contributed by atoms with Crippen LogP contribution in [-0.4, -0.2) is 15.5 Å². The number of anilines is 1. The van der Waals surface area contributed by atoms with Crippen molar-refractivity contribution < 1.29 is 21.9 Å². The number of rotatable bonds is 6. The summed E-state index contributed by atoms with van der Waals surface area (Å²) in [5, 5.41) is 0.386. The van der Waals surface area contributed by atoms with Crippen LogP contribution in [0.1, 0.15) is 5.56 Å². The molecule has 0 aliphatic rings. The Labute approximate surface area is 167 Å². The van der Waals surface area contributed by atoms with Crippen LogP contribution in [-0.2, 0) is 16.6 Å². The summed E-state index contributed by atoms with van der Waals surface area (Å²) in [6.45, 7) is -0.329. The number of hydrogen-bond donors (Lipinski definition) is 0. The smallest absolute Gasteiger partial charge is 0.264 e. The molecule has 0 amide bonds. The maximum absolute atomic E-state index is 14.2. The molecule has 0 spiro atoms. The van der Waals surface area contributed by atoms with Crippen LogP contribution >= 0.6 is 11.6 Å². The molecular weight excluding hydrogens is 408 g/mol. The molecule has 0 bridgehead atoms. The Morgan fingerprint density at radius 2 is 1.71 bits per heavy atom. The van der Waals surface area contributed by atoms with Crippen molar-refractivity contribution >= 4 is 27.3 Å². The van der Waals surface area contributed by atoms with Crippen molar-refractivity contribution in [3.63, 3.8) is 0 Å². The molecule has 0 heterocycles. The summed E-state index contributed by atoms with van der Waals surface area (Å²) in [5.41, 5.74) is 0.305. The van der Waals surface area contributed by atoms with Crippen LogP contribution in [0.2, 0.25) is 5.02 Å². The van der Waals surface area contributed by atoms with Crippen LogP contribution in [0, 0.1) is 11.6 Å². The van der Waals surface area contributed by atoms with Gasteiger partial charge in [-0.25, -0.2) is 17.2 Å². The van der Waals surface area contributed by atoms with E-state index in [0.29, 0.717) is 16.8 Å². The van der Waals surface area contributed by atoms with E-state index in [1.54, 1.807) is 18.2 Å². The van der Waals surface area contributed by atoms with E-state index in [1.165, 1.54) is 43.5 Å². The summed E-state index contributed by atoms with van der Waals surface area (Å²) in [5.74, 6) is -1.14. The summed E-state index contributed by atoms with van der Waals surface area (Å²) < 4.78 is 60.2. The Balaban J connectivity index is 2.11. The molecule has 0 saturated heterocycles. The topological polar surface area (TPSA) is 46.6 Å². The molecule has 3 aromatic rings. The standard InChI is InChI=1S/C20H16ClF2NO3S/c1-27-18-4-2-3-17(12-18)24(13-14-5-8-16(22)11-20(14)23)28(25,26)19-9-6-15(21)7-10-19/h2-12H,13H2,1H3. The van der Waals surface area contributed by atoms with Crippen molar-refractivity contribution in [2.24, 2.45) is 0 Å². The maximum atomic E-state index is 14.2. The van der Waals surface area contributed by atoms with Gasteiger partial charge in [0.1, 0.15) is 17.4 Å². The Hall–Kier alpha value is -2.64. The van der Waals surface area contributed by atoms with Crippen molar-refractivity contribution in [2.75, 3.05) is 11.4 Å².